The number of hydrogen-bond donors (Lipinski definition) is 0. The Kier molecular flexibility index (Phi) is 5.37. The molecule has 1 saturated carbocycles. The van der Waals surface area contributed by atoms with Gasteiger partial charge in [0.05, 0.1) is 10.0 Å². The molecule has 1 aliphatic rings. The minimum absolute atomic E-state index is 0.0217. The number of benzene rings is 1. The summed E-state index contributed by atoms with van der Waals surface area (Å²) in [5.74, 6) is 0.589. The fraction of sp³-hybridized carbons (Fsp3) is 0.500. The van der Waals surface area contributed by atoms with E-state index in [1.54, 1.807) is 18.2 Å². The maximum Gasteiger partial charge on any atom is 0.254 e. The molecule has 0 atom stereocenters. The summed E-state index contributed by atoms with van der Waals surface area (Å²) in [6.07, 6.45) is 4.16. The van der Waals surface area contributed by atoms with Crippen LogP contribution in [-0.2, 0) is 0 Å². The zero-order valence-corrected chi connectivity index (χ0v) is 12.8. The van der Waals surface area contributed by atoms with Gasteiger partial charge in [0.25, 0.3) is 5.91 Å². The van der Waals surface area contributed by atoms with Gasteiger partial charge in [0.1, 0.15) is 0 Å². The van der Waals surface area contributed by atoms with Crippen molar-refractivity contribution < 1.29 is 4.79 Å². The number of alkyl halides is 1. The van der Waals surface area contributed by atoms with Crippen molar-refractivity contribution in [2.24, 2.45) is 0 Å². The van der Waals surface area contributed by atoms with Crippen molar-refractivity contribution in [2.45, 2.75) is 31.7 Å². The minimum atomic E-state index is 0.0217. The van der Waals surface area contributed by atoms with E-state index in [0.29, 0.717) is 34.1 Å². The van der Waals surface area contributed by atoms with Gasteiger partial charge < -0.3 is 4.90 Å². The third kappa shape index (κ3) is 3.56. The number of halogens is 3. The molecular weight excluding hydrogens is 305 g/mol. The fourth-order valence-corrected chi connectivity index (χ4v) is 2.59. The lowest BCUT2D eigenvalue weighted by Gasteiger charge is -2.37. The van der Waals surface area contributed by atoms with E-state index in [1.165, 1.54) is 6.42 Å². The van der Waals surface area contributed by atoms with Crippen molar-refractivity contribution in [2.75, 3.05) is 12.4 Å². The third-order valence-corrected chi connectivity index (χ3v) is 4.48. The second kappa shape index (κ2) is 6.83. The molecule has 0 heterocycles. The molecule has 2 nitrogen and oxygen atoms in total. The molecule has 104 valence electrons. The summed E-state index contributed by atoms with van der Waals surface area (Å²) >= 11 is 17.6. The first-order valence-corrected chi connectivity index (χ1v) is 7.74. The van der Waals surface area contributed by atoms with Crippen LogP contribution in [0.5, 0.6) is 0 Å². The van der Waals surface area contributed by atoms with Gasteiger partial charge in [0.2, 0.25) is 0 Å². The zero-order chi connectivity index (χ0) is 13.8. The Balaban J connectivity index is 2.15. The highest BCUT2D eigenvalue weighted by atomic mass is 35.5. The Bertz CT molecular complexity index is 460. The Labute approximate surface area is 128 Å². The minimum Gasteiger partial charge on any atom is -0.336 e. The van der Waals surface area contributed by atoms with Gasteiger partial charge in [-0.15, -0.1) is 11.6 Å². The van der Waals surface area contributed by atoms with Gasteiger partial charge in [0.15, 0.2) is 0 Å². The molecule has 1 fully saturated rings. The van der Waals surface area contributed by atoms with Gasteiger partial charge in [-0.3, -0.25) is 4.79 Å². The Hall–Kier alpha value is -0.440. The standard InChI is InChI=1S/C14H16Cl3NO/c15-7-2-8-18(11-3-1-4-11)14(19)10-5-6-12(16)13(17)9-10/h5-6,9,11H,1-4,7-8H2. The van der Waals surface area contributed by atoms with E-state index in [2.05, 4.69) is 0 Å². The highest BCUT2D eigenvalue weighted by molar-refractivity contribution is 6.42. The van der Waals surface area contributed by atoms with Gasteiger partial charge in [0, 0.05) is 24.0 Å². The molecule has 0 aromatic heterocycles. The highest BCUT2D eigenvalue weighted by Gasteiger charge is 2.29. The molecule has 1 amide bonds. The van der Waals surface area contributed by atoms with E-state index in [9.17, 15) is 4.79 Å². The Morgan fingerprint density at radius 2 is 2.00 bits per heavy atom. The molecule has 2 rings (SSSR count). The fourth-order valence-electron chi connectivity index (χ4n) is 2.17. The monoisotopic (exact) mass is 319 g/mol. The topological polar surface area (TPSA) is 20.3 Å². The first-order valence-electron chi connectivity index (χ1n) is 6.45. The summed E-state index contributed by atoms with van der Waals surface area (Å²) in [4.78, 5) is 14.5. The lowest BCUT2D eigenvalue weighted by atomic mass is 9.91. The predicted octanol–water partition coefficient (Wildman–Crippen LogP) is 4.62. The molecule has 0 unspecified atom stereocenters. The number of rotatable bonds is 5. The van der Waals surface area contributed by atoms with Crippen molar-refractivity contribution in [1.82, 2.24) is 4.90 Å². The van der Waals surface area contributed by atoms with Crippen LogP contribution in [0.2, 0.25) is 10.0 Å². The van der Waals surface area contributed by atoms with Crippen molar-refractivity contribution >= 4 is 40.7 Å². The van der Waals surface area contributed by atoms with E-state index in [1.807, 2.05) is 4.90 Å². The van der Waals surface area contributed by atoms with Crippen molar-refractivity contribution in [3.05, 3.63) is 33.8 Å². The zero-order valence-electron chi connectivity index (χ0n) is 10.5. The summed E-state index contributed by atoms with van der Waals surface area (Å²) in [6, 6.07) is 5.38. The molecule has 0 N–H and O–H groups in total. The summed E-state index contributed by atoms with van der Waals surface area (Å²) < 4.78 is 0. The molecule has 0 saturated heterocycles. The lowest BCUT2D eigenvalue weighted by molar-refractivity contribution is 0.0581. The summed E-state index contributed by atoms with van der Waals surface area (Å²) in [5.41, 5.74) is 0.593. The first-order chi connectivity index (χ1) is 9.13. The van der Waals surface area contributed by atoms with Gasteiger partial charge >= 0.3 is 0 Å². The third-order valence-electron chi connectivity index (χ3n) is 3.48. The van der Waals surface area contributed by atoms with Crippen LogP contribution < -0.4 is 0 Å². The lowest BCUT2D eigenvalue weighted by Crippen LogP contribution is -2.44. The molecule has 1 aliphatic carbocycles. The smallest absolute Gasteiger partial charge is 0.254 e. The first kappa shape index (κ1) is 15.0. The maximum absolute atomic E-state index is 12.5. The van der Waals surface area contributed by atoms with Crippen LogP contribution in [0.1, 0.15) is 36.0 Å². The Morgan fingerprint density at radius 3 is 2.53 bits per heavy atom. The van der Waals surface area contributed by atoms with Gasteiger partial charge in [-0.2, -0.15) is 0 Å². The SMILES string of the molecule is O=C(c1ccc(Cl)c(Cl)c1)N(CCCCl)C1CCC1. The molecule has 1 aromatic rings. The number of carbonyl (C=O) groups is 1. The van der Waals surface area contributed by atoms with E-state index in [-0.39, 0.29) is 5.91 Å². The molecule has 5 heteroatoms. The summed E-state index contributed by atoms with van der Waals surface area (Å²) in [7, 11) is 0. The molecule has 0 aliphatic heterocycles. The van der Waals surface area contributed by atoms with Crippen LogP contribution in [0.3, 0.4) is 0 Å². The summed E-state index contributed by atoms with van der Waals surface area (Å²) in [6.45, 7) is 0.702. The van der Waals surface area contributed by atoms with Crippen LogP contribution in [0.4, 0.5) is 0 Å². The highest BCUT2D eigenvalue weighted by Crippen LogP contribution is 2.28. The second-order valence-electron chi connectivity index (χ2n) is 4.75. The summed E-state index contributed by atoms with van der Waals surface area (Å²) in [5, 5.41) is 0.882. The van der Waals surface area contributed by atoms with Crippen molar-refractivity contribution in [3.8, 4) is 0 Å². The van der Waals surface area contributed by atoms with Crippen LogP contribution in [-0.4, -0.2) is 29.3 Å². The average Bonchev–Trinajstić information content (AvgIpc) is 2.34. The second-order valence-corrected chi connectivity index (χ2v) is 5.95. The normalized spacial score (nSPS) is 15.1. The van der Waals surface area contributed by atoms with Gasteiger partial charge in [-0.1, -0.05) is 23.2 Å². The van der Waals surface area contributed by atoms with E-state index >= 15 is 0 Å². The van der Waals surface area contributed by atoms with Crippen molar-refractivity contribution in [1.29, 1.82) is 0 Å². The number of carbonyl (C=O) groups excluding carboxylic acids is 1. The number of hydrogen-bond acceptors (Lipinski definition) is 1. The van der Waals surface area contributed by atoms with Crippen LogP contribution >= 0.6 is 34.8 Å². The molecule has 19 heavy (non-hydrogen) atoms. The quantitative estimate of drug-likeness (QED) is 0.725. The van der Waals surface area contributed by atoms with E-state index in [4.69, 9.17) is 34.8 Å². The molecule has 0 bridgehead atoms. The Morgan fingerprint density at radius 1 is 1.26 bits per heavy atom. The van der Waals surface area contributed by atoms with Crippen LogP contribution in [0.15, 0.2) is 18.2 Å². The predicted molar refractivity (Wildman–Crippen MR) is 80.5 cm³/mol. The molecular formula is C14H16Cl3NO. The van der Waals surface area contributed by atoms with Crippen LogP contribution in [0, 0.1) is 0 Å². The number of nitrogens with zero attached hydrogens (tertiary/aromatic N) is 1. The van der Waals surface area contributed by atoms with Gasteiger partial charge in [-0.05, 0) is 43.9 Å². The molecule has 0 radical (unpaired) electrons. The maximum atomic E-state index is 12.5. The molecule has 1 aromatic carbocycles. The average molecular weight is 321 g/mol. The molecule has 0 spiro atoms. The largest absolute Gasteiger partial charge is 0.336 e. The van der Waals surface area contributed by atoms with E-state index < -0.39 is 0 Å². The van der Waals surface area contributed by atoms with E-state index in [0.717, 1.165) is 19.3 Å². The number of amides is 1. The van der Waals surface area contributed by atoms with Gasteiger partial charge in [-0.25, -0.2) is 0 Å². The van der Waals surface area contributed by atoms with Crippen molar-refractivity contribution in [3.63, 3.8) is 0 Å². The van der Waals surface area contributed by atoms with Crippen LogP contribution in [0.25, 0.3) is 0 Å².